The van der Waals surface area contributed by atoms with Gasteiger partial charge in [0.1, 0.15) is 13.2 Å². The molecular formula is C11H15N3O3. The summed E-state index contributed by atoms with van der Waals surface area (Å²) in [7, 11) is 0. The maximum absolute atomic E-state index is 11.4. The molecule has 2 heterocycles. The van der Waals surface area contributed by atoms with Gasteiger partial charge in [-0.1, -0.05) is 0 Å². The first-order valence-corrected chi connectivity index (χ1v) is 5.58. The number of carbonyl (C=O) groups is 2. The molecule has 6 heteroatoms. The van der Waals surface area contributed by atoms with Gasteiger partial charge in [0.15, 0.2) is 0 Å². The summed E-state index contributed by atoms with van der Waals surface area (Å²) in [6.45, 7) is 2.42. The smallest absolute Gasteiger partial charge is 0.255 e. The number of ether oxygens (including phenoxy) is 1. The minimum Gasteiger partial charge on any atom is -0.362 e. The second-order valence-corrected chi connectivity index (χ2v) is 4.06. The van der Waals surface area contributed by atoms with E-state index in [9.17, 15) is 9.59 Å². The van der Waals surface area contributed by atoms with Gasteiger partial charge in [-0.2, -0.15) is 5.10 Å². The molecule has 2 amide bonds. The third kappa shape index (κ3) is 2.71. The molecule has 1 aliphatic rings. The van der Waals surface area contributed by atoms with Crippen LogP contribution in [0.5, 0.6) is 0 Å². The Bertz CT molecular complexity index is 411. The lowest BCUT2D eigenvalue weighted by atomic mass is 10.1. The predicted octanol–water partition coefficient (Wildman–Crippen LogP) is 0.0361. The summed E-state index contributed by atoms with van der Waals surface area (Å²) in [5.74, 6) is -0.490. The quantitative estimate of drug-likeness (QED) is 0.750. The van der Waals surface area contributed by atoms with Crippen LogP contribution in [0.15, 0.2) is 6.20 Å². The third-order valence-electron chi connectivity index (χ3n) is 2.82. The van der Waals surface area contributed by atoms with Crippen molar-refractivity contribution >= 4 is 11.8 Å². The lowest BCUT2D eigenvalue weighted by molar-refractivity contribution is -0.158. The van der Waals surface area contributed by atoms with Crippen LogP contribution in [0.25, 0.3) is 0 Å². The number of aromatic amines is 1. The van der Waals surface area contributed by atoms with Crippen LogP contribution in [0.1, 0.15) is 17.7 Å². The van der Waals surface area contributed by atoms with E-state index in [0.29, 0.717) is 6.54 Å². The van der Waals surface area contributed by atoms with Crippen LogP contribution in [-0.4, -0.2) is 46.7 Å². The van der Waals surface area contributed by atoms with Crippen LogP contribution in [0.2, 0.25) is 0 Å². The molecule has 0 saturated carbocycles. The molecule has 0 bridgehead atoms. The molecular weight excluding hydrogens is 222 g/mol. The zero-order valence-corrected chi connectivity index (χ0v) is 9.73. The van der Waals surface area contributed by atoms with Crippen molar-refractivity contribution in [2.75, 3.05) is 19.8 Å². The Labute approximate surface area is 98.9 Å². The molecule has 0 atom stereocenters. The molecule has 0 aliphatic carbocycles. The molecule has 0 radical (unpaired) electrons. The van der Waals surface area contributed by atoms with E-state index in [0.717, 1.165) is 24.1 Å². The molecule has 1 N–H and O–H groups in total. The number of imide groups is 1. The van der Waals surface area contributed by atoms with Gasteiger partial charge in [-0.25, -0.2) is 0 Å². The number of hydrogen-bond donors (Lipinski definition) is 1. The Hall–Kier alpha value is -1.69. The van der Waals surface area contributed by atoms with Crippen molar-refractivity contribution in [1.82, 2.24) is 15.1 Å². The molecule has 1 aliphatic heterocycles. The first-order valence-electron chi connectivity index (χ1n) is 5.58. The Morgan fingerprint density at radius 3 is 2.71 bits per heavy atom. The van der Waals surface area contributed by atoms with Crippen molar-refractivity contribution < 1.29 is 14.3 Å². The van der Waals surface area contributed by atoms with E-state index in [1.807, 2.05) is 6.92 Å². The molecule has 1 aromatic rings. The molecule has 1 aromatic heterocycles. The zero-order valence-electron chi connectivity index (χ0n) is 9.73. The van der Waals surface area contributed by atoms with Crippen molar-refractivity contribution in [3.8, 4) is 0 Å². The van der Waals surface area contributed by atoms with Gasteiger partial charge in [-0.3, -0.25) is 19.6 Å². The molecule has 1 saturated heterocycles. The highest BCUT2D eigenvalue weighted by Gasteiger charge is 2.25. The number of hydrogen-bond acceptors (Lipinski definition) is 4. The molecule has 0 spiro atoms. The van der Waals surface area contributed by atoms with Gasteiger partial charge >= 0.3 is 0 Å². The molecule has 2 rings (SSSR count). The summed E-state index contributed by atoms with van der Waals surface area (Å²) in [5, 5.41) is 6.78. The summed E-state index contributed by atoms with van der Waals surface area (Å²) in [5.41, 5.74) is 2.16. The lowest BCUT2D eigenvalue weighted by Gasteiger charge is -2.24. The standard InChI is InChI=1S/C11H15N3O3/c1-8-9(5-12-13-8)3-2-4-14-10(15)6-17-7-11(14)16/h5H,2-4,6-7H2,1H3,(H,12,13). The normalized spacial score (nSPS) is 16.6. The summed E-state index contributed by atoms with van der Waals surface area (Å²) in [4.78, 5) is 24.1. The minimum absolute atomic E-state index is 0.0104. The summed E-state index contributed by atoms with van der Waals surface area (Å²) in [6.07, 6.45) is 3.33. The molecule has 92 valence electrons. The second-order valence-electron chi connectivity index (χ2n) is 4.06. The Morgan fingerprint density at radius 1 is 1.41 bits per heavy atom. The average molecular weight is 237 g/mol. The first-order chi connectivity index (χ1) is 8.18. The van der Waals surface area contributed by atoms with E-state index in [1.54, 1.807) is 6.20 Å². The summed E-state index contributed by atoms with van der Waals surface area (Å²) < 4.78 is 4.84. The number of aryl methyl sites for hydroxylation is 2. The Balaban J connectivity index is 1.83. The Kier molecular flexibility index (Phi) is 3.53. The monoisotopic (exact) mass is 237 g/mol. The highest BCUT2D eigenvalue weighted by atomic mass is 16.5. The van der Waals surface area contributed by atoms with E-state index in [-0.39, 0.29) is 25.0 Å². The number of nitrogens with zero attached hydrogens (tertiary/aromatic N) is 2. The van der Waals surface area contributed by atoms with Crippen LogP contribution in [0, 0.1) is 6.92 Å². The fourth-order valence-corrected chi connectivity index (χ4v) is 1.83. The molecule has 6 nitrogen and oxygen atoms in total. The highest BCUT2D eigenvalue weighted by Crippen LogP contribution is 2.08. The number of nitrogens with one attached hydrogen (secondary N) is 1. The maximum Gasteiger partial charge on any atom is 0.255 e. The van der Waals surface area contributed by atoms with Crippen molar-refractivity contribution in [1.29, 1.82) is 0 Å². The lowest BCUT2D eigenvalue weighted by Crippen LogP contribution is -2.46. The number of rotatable bonds is 4. The van der Waals surface area contributed by atoms with Crippen molar-refractivity contribution in [3.63, 3.8) is 0 Å². The van der Waals surface area contributed by atoms with Gasteiger partial charge in [-0.15, -0.1) is 0 Å². The number of amides is 2. The van der Waals surface area contributed by atoms with Crippen molar-refractivity contribution in [2.45, 2.75) is 19.8 Å². The fourth-order valence-electron chi connectivity index (χ4n) is 1.83. The van der Waals surface area contributed by atoms with Crippen LogP contribution >= 0.6 is 0 Å². The number of carbonyl (C=O) groups excluding carboxylic acids is 2. The van der Waals surface area contributed by atoms with Crippen molar-refractivity contribution in [2.24, 2.45) is 0 Å². The molecule has 17 heavy (non-hydrogen) atoms. The van der Waals surface area contributed by atoms with Crippen LogP contribution < -0.4 is 0 Å². The average Bonchev–Trinajstić information content (AvgIpc) is 2.69. The van der Waals surface area contributed by atoms with Gasteiger partial charge in [0, 0.05) is 12.2 Å². The van der Waals surface area contributed by atoms with Gasteiger partial charge in [-0.05, 0) is 25.3 Å². The minimum atomic E-state index is -0.245. The number of morpholine rings is 1. The van der Waals surface area contributed by atoms with E-state index >= 15 is 0 Å². The maximum atomic E-state index is 11.4. The summed E-state index contributed by atoms with van der Waals surface area (Å²) in [6, 6.07) is 0. The van der Waals surface area contributed by atoms with Crippen LogP contribution in [0.3, 0.4) is 0 Å². The van der Waals surface area contributed by atoms with Gasteiger partial charge in [0.2, 0.25) is 0 Å². The fraction of sp³-hybridized carbons (Fsp3) is 0.545. The second kappa shape index (κ2) is 5.09. The van der Waals surface area contributed by atoms with Gasteiger partial charge in [0.05, 0.1) is 6.20 Å². The molecule has 0 unspecified atom stereocenters. The number of H-pyrrole nitrogens is 1. The number of aromatic nitrogens is 2. The van der Waals surface area contributed by atoms with E-state index in [1.165, 1.54) is 4.90 Å². The van der Waals surface area contributed by atoms with E-state index in [2.05, 4.69) is 10.2 Å². The van der Waals surface area contributed by atoms with Gasteiger partial charge in [0.25, 0.3) is 11.8 Å². The van der Waals surface area contributed by atoms with Crippen molar-refractivity contribution in [3.05, 3.63) is 17.5 Å². The Morgan fingerprint density at radius 2 is 2.12 bits per heavy atom. The molecule has 1 fully saturated rings. The first kappa shape index (κ1) is 11.8. The van der Waals surface area contributed by atoms with Crippen LogP contribution in [0.4, 0.5) is 0 Å². The zero-order chi connectivity index (χ0) is 12.3. The third-order valence-corrected chi connectivity index (χ3v) is 2.82. The predicted molar refractivity (Wildman–Crippen MR) is 59.2 cm³/mol. The SMILES string of the molecule is Cc1[nH]ncc1CCCN1C(=O)COCC1=O. The molecule has 0 aromatic carbocycles. The highest BCUT2D eigenvalue weighted by molar-refractivity contribution is 5.98. The summed E-state index contributed by atoms with van der Waals surface area (Å²) >= 11 is 0. The van der Waals surface area contributed by atoms with E-state index in [4.69, 9.17) is 4.74 Å². The van der Waals surface area contributed by atoms with Gasteiger partial charge < -0.3 is 4.74 Å². The van der Waals surface area contributed by atoms with E-state index < -0.39 is 0 Å². The topological polar surface area (TPSA) is 75.3 Å². The largest absolute Gasteiger partial charge is 0.362 e. The van der Waals surface area contributed by atoms with Crippen LogP contribution in [-0.2, 0) is 20.7 Å².